The monoisotopic (exact) mass is 264 g/mol. The predicted octanol–water partition coefficient (Wildman–Crippen LogP) is 1.72. The predicted molar refractivity (Wildman–Crippen MR) is 72.0 cm³/mol. The summed E-state index contributed by atoms with van der Waals surface area (Å²) in [5.41, 5.74) is 6.04. The van der Waals surface area contributed by atoms with Crippen molar-refractivity contribution in [1.29, 1.82) is 0 Å². The zero-order chi connectivity index (χ0) is 14.0. The third-order valence-electron chi connectivity index (χ3n) is 3.50. The second-order valence-corrected chi connectivity index (χ2v) is 5.08. The number of hydrogen-bond donors (Lipinski definition) is 2. The molecule has 104 valence electrons. The molecule has 0 aliphatic carbocycles. The summed E-state index contributed by atoms with van der Waals surface area (Å²) in [7, 11) is 0. The van der Waals surface area contributed by atoms with Gasteiger partial charge in [0.25, 0.3) is 0 Å². The maximum Gasteiger partial charge on any atom is 0.240 e. The molecule has 1 aliphatic heterocycles. The molecule has 0 saturated carbocycles. The van der Waals surface area contributed by atoms with Gasteiger partial charge in [0.05, 0.1) is 11.6 Å². The Balaban J connectivity index is 2.08. The molecule has 1 aromatic carbocycles. The number of benzene rings is 1. The van der Waals surface area contributed by atoms with Crippen LogP contribution in [0.4, 0.5) is 0 Å². The average molecular weight is 264 g/mol. The Morgan fingerprint density at radius 3 is 2.84 bits per heavy atom. The fourth-order valence-corrected chi connectivity index (χ4v) is 1.79. The van der Waals surface area contributed by atoms with E-state index < -0.39 is 5.54 Å². The van der Waals surface area contributed by atoms with Gasteiger partial charge in [-0.3, -0.25) is 4.79 Å². The van der Waals surface area contributed by atoms with Crippen LogP contribution in [0.5, 0.6) is 11.5 Å². The number of amides is 1. The minimum Gasteiger partial charge on any atom is -0.454 e. The Bertz CT molecular complexity index is 486. The van der Waals surface area contributed by atoms with Crippen LogP contribution >= 0.6 is 0 Å². The van der Waals surface area contributed by atoms with Crippen LogP contribution in [0.25, 0.3) is 0 Å². The van der Waals surface area contributed by atoms with Crippen LogP contribution in [-0.4, -0.2) is 18.2 Å². The molecule has 3 N–H and O–H groups in total. The van der Waals surface area contributed by atoms with Crippen LogP contribution in [0, 0.1) is 0 Å². The molecule has 19 heavy (non-hydrogen) atoms. The Labute approximate surface area is 113 Å². The van der Waals surface area contributed by atoms with E-state index in [9.17, 15) is 4.79 Å². The zero-order valence-electron chi connectivity index (χ0n) is 11.5. The lowest BCUT2D eigenvalue weighted by Gasteiger charge is -2.24. The number of hydrogen-bond acceptors (Lipinski definition) is 4. The first-order chi connectivity index (χ1) is 8.94. The van der Waals surface area contributed by atoms with Gasteiger partial charge in [0.2, 0.25) is 12.7 Å². The quantitative estimate of drug-likeness (QED) is 0.868. The maximum atomic E-state index is 12.0. The third-order valence-corrected chi connectivity index (χ3v) is 3.50. The molecular weight excluding hydrogens is 244 g/mol. The van der Waals surface area contributed by atoms with E-state index in [1.807, 2.05) is 32.0 Å². The zero-order valence-corrected chi connectivity index (χ0v) is 11.5. The fraction of sp³-hybridized carbons (Fsp3) is 0.500. The Kier molecular flexibility index (Phi) is 3.66. The summed E-state index contributed by atoms with van der Waals surface area (Å²) in [6.07, 6.45) is 0.590. The summed E-state index contributed by atoms with van der Waals surface area (Å²) >= 11 is 0. The number of carbonyl (C=O) groups is 1. The molecule has 2 unspecified atom stereocenters. The van der Waals surface area contributed by atoms with Gasteiger partial charge in [0, 0.05) is 0 Å². The third kappa shape index (κ3) is 2.81. The van der Waals surface area contributed by atoms with Gasteiger partial charge in [-0.25, -0.2) is 0 Å². The molecule has 1 aromatic rings. The molecule has 0 bridgehead atoms. The van der Waals surface area contributed by atoms with Crippen molar-refractivity contribution in [2.75, 3.05) is 6.79 Å². The van der Waals surface area contributed by atoms with Crippen molar-refractivity contribution in [1.82, 2.24) is 5.32 Å². The van der Waals surface area contributed by atoms with E-state index in [1.54, 1.807) is 6.92 Å². The molecule has 0 aromatic heterocycles. The van der Waals surface area contributed by atoms with E-state index in [-0.39, 0.29) is 18.7 Å². The summed E-state index contributed by atoms with van der Waals surface area (Å²) in [6.45, 7) is 5.79. The minimum atomic E-state index is -0.843. The van der Waals surface area contributed by atoms with E-state index in [1.165, 1.54) is 0 Å². The van der Waals surface area contributed by atoms with Gasteiger partial charge in [-0.05, 0) is 38.0 Å². The van der Waals surface area contributed by atoms with Crippen molar-refractivity contribution in [3.05, 3.63) is 23.8 Å². The van der Waals surface area contributed by atoms with Gasteiger partial charge in [-0.2, -0.15) is 0 Å². The average Bonchev–Trinajstić information content (AvgIpc) is 2.85. The Hall–Kier alpha value is -1.75. The highest BCUT2D eigenvalue weighted by atomic mass is 16.7. The summed E-state index contributed by atoms with van der Waals surface area (Å²) in [5, 5.41) is 2.92. The summed E-state index contributed by atoms with van der Waals surface area (Å²) in [6, 6.07) is 5.52. The molecule has 0 fully saturated rings. The van der Waals surface area contributed by atoms with Crippen LogP contribution < -0.4 is 20.5 Å². The molecule has 1 heterocycles. The Morgan fingerprint density at radius 1 is 1.47 bits per heavy atom. The lowest BCUT2D eigenvalue weighted by atomic mass is 9.98. The summed E-state index contributed by atoms with van der Waals surface area (Å²) in [5.74, 6) is 1.30. The number of rotatable bonds is 4. The molecule has 1 amide bonds. The highest BCUT2D eigenvalue weighted by Gasteiger charge is 2.27. The second-order valence-electron chi connectivity index (χ2n) is 5.08. The van der Waals surface area contributed by atoms with Gasteiger partial charge in [0.1, 0.15) is 0 Å². The van der Waals surface area contributed by atoms with Crippen molar-refractivity contribution in [3.8, 4) is 11.5 Å². The first kappa shape index (κ1) is 13.7. The van der Waals surface area contributed by atoms with Gasteiger partial charge in [0.15, 0.2) is 11.5 Å². The largest absolute Gasteiger partial charge is 0.454 e. The summed E-state index contributed by atoms with van der Waals surface area (Å²) in [4.78, 5) is 12.0. The van der Waals surface area contributed by atoms with E-state index in [4.69, 9.17) is 15.2 Å². The van der Waals surface area contributed by atoms with Crippen molar-refractivity contribution in [3.63, 3.8) is 0 Å². The topological polar surface area (TPSA) is 73.6 Å². The van der Waals surface area contributed by atoms with E-state index >= 15 is 0 Å². The van der Waals surface area contributed by atoms with Crippen molar-refractivity contribution < 1.29 is 14.3 Å². The second kappa shape index (κ2) is 5.09. The fourth-order valence-electron chi connectivity index (χ4n) is 1.79. The molecule has 5 nitrogen and oxygen atoms in total. The molecule has 1 aliphatic rings. The number of nitrogens with one attached hydrogen (secondary N) is 1. The minimum absolute atomic E-state index is 0.128. The van der Waals surface area contributed by atoms with E-state index in [0.29, 0.717) is 12.2 Å². The van der Waals surface area contributed by atoms with Crippen LogP contribution in [0.15, 0.2) is 18.2 Å². The maximum absolute atomic E-state index is 12.0. The lowest BCUT2D eigenvalue weighted by molar-refractivity contribution is -0.126. The van der Waals surface area contributed by atoms with Gasteiger partial charge in [-0.1, -0.05) is 13.0 Å². The molecule has 0 saturated heterocycles. The number of ether oxygens (including phenoxy) is 2. The molecule has 0 spiro atoms. The highest BCUT2D eigenvalue weighted by molar-refractivity contribution is 5.85. The smallest absolute Gasteiger partial charge is 0.240 e. The van der Waals surface area contributed by atoms with Crippen molar-refractivity contribution >= 4 is 5.91 Å². The molecule has 2 rings (SSSR count). The molecule has 0 radical (unpaired) electrons. The molecular formula is C14H20N2O3. The van der Waals surface area contributed by atoms with Crippen LogP contribution in [-0.2, 0) is 4.79 Å². The Morgan fingerprint density at radius 2 is 2.16 bits per heavy atom. The highest BCUT2D eigenvalue weighted by Crippen LogP contribution is 2.34. The normalized spacial score (nSPS) is 17.7. The number of nitrogens with two attached hydrogens (primary N) is 1. The molecule has 5 heteroatoms. The standard InChI is InChI=1S/C14H20N2O3/c1-4-14(3,15)13(17)16-9(2)10-5-6-11-12(7-10)19-8-18-11/h5-7,9H,4,8,15H2,1-3H3,(H,16,17). The first-order valence-corrected chi connectivity index (χ1v) is 6.43. The lowest BCUT2D eigenvalue weighted by Crippen LogP contribution is -2.51. The van der Waals surface area contributed by atoms with Crippen molar-refractivity contribution in [2.45, 2.75) is 38.8 Å². The van der Waals surface area contributed by atoms with Crippen molar-refractivity contribution in [2.24, 2.45) is 5.73 Å². The van der Waals surface area contributed by atoms with Crippen LogP contribution in [0.1, 0.15) is 38.8 Å². The number of fused-ring (bicyclic) bond motifs is 1. The van der Waals surface area contributed by atoms with E-state index in [2.05, 4.69) is 5.32 Å². The van der Waals surface area contributed by atoms with Crippen LogP contribution in [0.2, 0.25) is 0 Å². The van der Waals surface area contributed by atoms with Gasteiger partial charge < -0.3 is 20.5 Å². The number of carbonyl (C=O) groups excluding carboxylic acids is 1. The van der Waals surface area contributed by atoms with Crippen LogP contribution in [0.3, 0.4) is 0 Å². The van der Waals surface area contributed by atoms with Gasteiger partial charge in [-0.15, -0.1) is 0 Å². The first-order valence-electron chi connectivity index (χ1n) is 6.43. The van der Waals surface area contributed by atoms with Gasteiger partial charge >= 0.3 is 0 Å². The SMILES string of the molecule is CCC(C)(N)C(=O)NC(C)c1ccc2c(c1)OCO2. The summed E-state index contributed by atoms with van der Waals surface area (Å²) < 4.78 is 10.6. The van der Waals surface area contributed by atoms with E-state index in [0.717, 1.165) is 11.3 Å². The molecule has 2 atom stereocenters.